The molecule has 0 aliphatic heterocycles. The van der Waals surface area contributed by atoms with Gasteiger partial charge in [0.25, 0.3) is 8.68 Å². The quantitative estimate of drug-likeness (QED) is 0.519. The number of hydrogen-bond donors (Lipinski definition) is 0. The summed E-state index contributed by atoms with van der Waals surface area (Å²) in [6.07, 6.45) is 0. The monoisotopic (exact) mass is 374 g/mol. The first-order chi connectivity index (χ1) is 10.5. The Hall–Kier alpha value is -0.0400. The lowest BCUT2D eigenvalue weighted by Gasteiger charge is -2.00. The first-order valence-corrected chi connectivity index (χ1v) is 11.3. The van der Waals surface area contributed by atoms with Crippen LogP contribution in [0.5, 0.6) is 0 Å². The average molecular weight is 375 g/mol. The minimum atomic E-state index is 1.07. The number of thiazole rings is 2. The molecule has 6 heteroatoms. The second kappa shape index (κ2) is 8.18. The lowest BCUT2D eigenvalue weighted by molar-refractivity contribution is -0.810. The van der Waals surface area contributed by atoms with Crippen molar-refractivity contribution in [3.8, 4) is 0 Å². The van der Waals surface area contributed by atoms with Crippen LogP contribution in [0.1, 0.15) is 35.0 Å². The van der Waals surface area contributed by atoms with Gasteiger partial charge in [-0.2, -0.15) is 9.13 Å². The molecule has 0 aromatic carbocycles. The van der Waals surface area contributed by atoms with E-state index in [1.165, 1.54) is 29.8 Å². The third-order valence-corrected chi connectivity index (χ3v) is 8.55. The Bertz CT molecular complexity index is 587. The van der Waals surface area contributed by atoms with Crippen LogP contribution in [0.15, 0.2) is 8.68 Å². The molecule has 2 aromatic rings. The van der Waals surface area contributed by atoms with Crippen LogP contribution < -0.4 is 9.13 Å². The Morgan fingerprint density at radius 3 is 1.41 bits per heavy atom. The molecule has 2 rings (SSSR count). The van der Waals surface area contributed by atoms with E-state index < -0.39 is 0 Å². The predicted octanol–water partition coefficient (Wildman–Crippen LogP) is 4.54. The Morgan fingerprint density at radius 1 is 0.727 bits per heavy atom. The zero-order valence-corrected chi connectivity index (χ0v) is 17.6. The number of thioether (sulfide) groups is 2. The Labute approximate surface area is 151 Å². The fourth-order valence-corrected chi connectivity index (χ4v) is 7.26. The summed E-state index contributed by atoms with van der Waals surface area (Å²) < 4.78 is 7.92. The van der Waals surface area contributed by atoms with Gasteiger partial charge in [0.15, 0.2) is 11.4 Å². The summed E-state index contributed by atoms with van der Waals surface area (Å²) in [5.41, 5.74) is 2.85. The third-order valence-electron chi connectivity index (χ3n) is 3.83. The molecule has 0 radical (unpaired) electrons. The summed E-state index contributed by atoms with van der Waals surface area (Å²) in [5, 5.41) is 0. The molecule has 0 saturated heterocycles. The standard InChI is InChI=1S/C16H26N2S4/c1-7-19-15-17(11(3)13(5)21-15)9-10-18-12(4)14(6)22-16(18)20-8-2/h7-10H2,1-6H3/q+2. The molecule has 0 aliphatic carbocycles. The minimum Gasteiger partial charge on any atom is -0.174 e. The molecule has 0 amide bonds. The smallest absolute Gasteiger partial charge is 0.174 e. The summed E-state index contributed by atoms with van der Waals surface area (Å²) >= 11 is 7.81. The summed E-state index contributed by atoms with van der Waals surface area (Å²) in [5.74, 6) is 2.28. The average Bonchev–Trinajstić information content (AvgIpc) is 2.89. The van der Waals surface area contributed by atoms with Crippen LogP contribution in [-0.2, 0) is 13.1 Å². The molecule has 2 heterocycles. The van der Waals surface area contributed by atoms with Crippen LogP contribution in [-0.4, -0.2) is 11.5 Å². The van der Waals surface area contributed by atoms with E-state index in [0.29, 0.717) is 0 Å². The van der Waals surface area contributed by atoms with Gasteiger partial charge in [0.2, 0.25) is 13.1 Å². The molecule has 22 heavy (non-hydrogen) atoms. The van der Waals surface area contributed by atoms with Crippen molar-refractivity contribution in [3.63, 3.8) is 0 Å². The largest absolute Gasteiger partial charge is 0.298 e. The maximum absolute atomic E-state index is 2.51. The van der Waals surface area contributed by atoms with Crippen molar-refractivity contribution in [1.82, 2.24) is 0 Å². The van der Waals surface area contributed by atoms with Crippen LogP contribution in [0.25, 0.3) is 0 Å². The number of aryl methyl sites for hydroxylation is 2. The van der Waals surface area contributed by atoms with E-state index in [9.17, 15) is 0 Å². The number of hydrogen-bond acceptors (Lipinski definition) is 4. The number of aromatic nitrogens is 2. The van der Waals surface area contributed by atoms with Crippen molar-refractivity contribution in [2.45, 2.75) is 63.3 Å². The zero-order valence-electron chi connectivity index (χ0n) is 14.4. The molecule has 0 saturated carbocycles. The second-order valence-electron chi connectivity index (χ2n) is 5.19. The third kappa shape index (κ3) is 3.89. The van der Waals surface area contributed by atoms with Gasteiger partial charge in [0.05, 0.1) is 9.75 Å². The molecular formula is C16H26N2S4+2. The lowest BCUT2D eigenvalue weighted by atomic mass is 10.4. The van der Waals surface area contributed by atoms with E-state index in [0.717, 1.165) is 24.6 Å². The van der Waals surface area contributed by atoms with Gasteiger partial charge in [0.1, 0.15) is 0 Å². The molecule has 2 aromatic heterocycles. The molecule has 0 atom stereocenters. The highest BCUT2D eigenvalue weighted by Gasteiger charge is 2.26. The summed E-state index contributed by atoms with van der Waals surface area (Å²) in [7, 11) is 0. The molecule has 0 fully saturated rings. The normalized spacial score (nSPS) is 11.4. The van der Waals surface area contributed by atoms with Gasteiger partial charge in [-0.25, -0.2) is 0 Å². The molecule has 122 valence electrons. The molecule has 0 unspecified atom stereocenters. The first-order valence-electron chi connectivity index (χ1n) is 7.74. The van der Waals surface area contributed by atoms with Gasteiger partial charge < -0.3 is 0 Å². The van der Waals surface area contributed by atoms with Crippen molar-refractivity contribution in [2.75, 3.05) is 11.5 Å². The summed E-state index contributed by atoms with van der Waals surface area (Å²) in [6.45, 7) is 15.6. The first kappa shape index (κ1) is 18.3. The van der Waals surface area contributed by atoms with Crippen molar-refractivity contribution in [1.29, 1.82) is 0 Å². The van der Waals surface area contributed by atoms with Gasteiger partial charge in [0, 0.05) is 25.4 Å². The maximum atomic E-state index is 2.51. The van der Waals surface area contributed by atoms with E-state index >= 15 is 0 Å². The van der Waals surface area contributed by atoms with Gasteiger partial charge in [-0.05, 0) is 37.4 Å². The van der Waals surface area contributed by atoms with Crippen molar-refractivity contribution < 1.29 is 9.13 Å². The minimum absolute atomic E-state index is 1.07. The van der Waals surface area contributed by atoms with E-state index in [2.05, 4.69) is 50.7 Å². The van der Waals surface area contributed by atoms with E-state index in [1.54, 1.807) is 0 Å². The molecule has 0 aliphatic rings. The van der Waals surface area contributed by atoms with Crippen LogP contribution in [0.2, 0.25) is 0 Å². The number of rotatable bonds is 7. The van der Waals surface area contributed by atoms with Gasteiger partial charge >= 0.3 is 0 Å². The van der Waals surface area contributed by atoms with Gasteiger partial charge in [-0.3, -0.25) is 0 Å². The zero-order chi connectivity index (χ0) is 16.3. The highest BCUT2D eigenvalue weighted by Crippen LogP contribution is 2.26. The SMILES string of the molecule is CCSc1sc(C)c(C)[n+]1CC[n+]1c(SCC)sc(C)c1C. The van der Waals surface area contributed by atoms with Crippen LogP contribution in [0.3, 0.4) is 0 Å². The predicted molar refractivity (Wildman–Crippen MR) is 101 cm³/mol. The van der Waals surface area contributed by atoms with E-state index in [1.807, 2.05) is 46.2 Å². The molecule has 0 N–H and O–H groups in total. The Kier molecular flexibility index (Phi) is 6.80. The molecule has 0 bridgehead atoms. The topological polar surface area (TPSA) is 7.76 Å². The number of nitrogens with zero attached hydrogens (tertiary/aromatic N) is 2. The van der Waals surface area contributed by atoms with E-state index in [-0.39, 0.29) is 0 Å². The van der Waals surface area contributed by atoms with Crippen LogP contribution in [0.4, 0.5) is 0 Å². The van der Waals surface area contributed by atoms with Crippen LogP contribution in [0, 0.1) is 27.7 Å². The highest BCUT2D eigenvalue weighted by atomic mass is 32.2. The van der Waals surface area contributed by atoms with Gasteiger partial charge in [-0.1, -0.05) is 36.5 Å². The van der Waals surface area contributed by atoms with Crippen molar-refractivity contribution in [2.24, 2.45) is 0 Å². The summed E-state index contributed by atoms with van der Waals surface area (Å²) in [6, 6.07) is 0. The maximum Gasteiger partial charge on any atom is 0.298 e. The lowest BCUT2D eigenvalue weighted by Crippen LogP contribution is -2.47. The fraction of sp³-hybridized carbons (Fsp3) is 0.625. The Balaban J connectivity index is 2.23. The van der Waals surface area contributed by atoms with Crippen LogP contribution >= 0.6 is 46.2 Å². The molecule has 0 spiro atoms. The second-order valence-corrected chi connectivity index (χ2v) is 10.6. The Morgan fingerprint density at radius 2 is 1.09 bits per heavy atom. The molecular weight excluding hydrogens is 348 g/mol. The van der Waals surface area contributed by atoms with Crippen molar-refractivity contribution >= 4 is 46.2 Å². The highest BCUT2D eigenvalue weighted by molar-refractivity contribution is 8.01. The van der Waals surface area contributed by atoms with Gasteiger partial charge in [-0.15, -0.1) is 0 Å². The van der Waals surface area contributed by atoms with Crippen molar-refractivity contribution in [3.05, 3.63) is 21.1 Å². The molecule has 2 nitrogen and oxygen atoms in total. The fourth-order valence-electron chi connectivity index (χ4n) is 2.35. The van der Waals surface area contributed by atoms with E-state index in [4.69, 9.17) is 0 Å². The summed E-state index contributed by atoms with van der Waals surface area (Å²) in [4.78, 5) is 2.89.